The highest BCUT2D eigenvalue weighted by molar-refractivity contribution is 4.68. The van der Waals surface area contributed by atoms with Gasteiger partial charge in [-0.3, -0.25) is 9.80 Å². The van der Waals surface area contributed by atoms with Crippen LogP contribution in [0, 0.1) is 0 Å². The van der Waals surface area contributed by atoms with Gasteiger partial charge >= 0.3 is 0 Å². The van der Waals surface area contributed by atoms with Gasteiger partial charge in [0.15, 0.2) is 0 Å². The van der Waals surface area contributed by atoms with Crippen LogP contribution < -0.4 is 31.9 Å². The number of hydrogen-bond donors (Lipinski definition) is 6. The maximum absolute atomic E-state index is 3.58. The molecule has 3 heterocycles. The summed E-state index contributed by atoms with van der Waals surface area (Å²) in [4.78, 5) is 5.12. The second-order valence-corrected chi connectivity index (χ2v) is 7.18. The molecule has 6 N–H and O–H groups in total. The van der Waals surface area contributed by atoms with E-state index in [1.54, 1.807) is 0 Å². The minimum Gasteiger partial charge on any atom is -0.314 e. The standard InChI is InChI=1S/C18H42N8/c1-2-20-8-14-26-17-11-23-5-3-21-9-15-25(13-7-19-1)16-10-22-4-6-24-12-18-26/h19-24H,1-18H2. The Morgan fingerprint density at radius 1 is 0.269 bits per heavy atom. The van der Waals surface area contributed by atoms with Crippen LogP contribution in [0.1, 0.15) is 0 Å². The summed E-state index contributed by atoms with van der Waals surface area (Å²) in [6.45, 7) is 19.4. The van der Waals surface area contributed by atoms with Gasteiger partial charge in [-0.1, -0.05) is 0 Å². The van der Waals surface area contributed by atoms with E-state index in [9.17, 15) is 0 Å². The highest BCUT2D eigenvalue weighted by Crippen LogP contribution is 1.88. The van der Waals surface area contributed by atoms with Crippen LogP contribution in [-0.2, 0) is 0 Å². The van der Waals surface area contributed by atoms with Crippen LogP contribution in [0.15, 0.2) is 0 Å². The van der Waals surface area contributed by atoms with Gasteiger partial charge in [-0.25, -0.2) is 0 Å². The maximum atomic E-state index is 3.58. The quantitative estimate of drug-likeness (QED) is 0.272. The summed E-state index contributed by atoms with van der Waals surface area (Å²) in [5.41, 5.74) is 0. The van der Waals surface area contributed by atoms with E-state index in [0.29, 0.717) is 0 Å². The van der Waals surface area contributed by atoms with Crippen molar-refractivity contribution in [2.75, 3.05) is 118 Å². The van der Waals surface area contributed by atoms with Gasteiger partial charge in [0.1, 0.15) is 0 Å². The van der Waals surface area contributed by atoms with Gasteiger partial charge < -0.3 is 31.9 Å². The van der Waals surface area contributed by atoms with E-state index < -0.39 is 0 Å². The van der Waals surface area contributed by atoms with Crippen LogP contribution in [0.4, 0.5) is 0 Å². The molecule has 0 aromatic heterocycles. The Bertz CT molecular complexity index is 240. The first-order valence-electron chi connectivity index (χ1n) is 10.6. The van der Waals surface area contributed by atoms with Crippen molar-refractivity contribution in [3.8, 4) is 0 Å². The molecule has 3 saturated heterocycles. The van der Waals surface area contributed by atoms with Crippen LogP contribution in [-0.4, -0.2) is 128 Å². The minimum atomic E-state index is 1.05. The third kappa shape index (κ3) is 11.4. The predicted octanol–water partition coefficient (Wildman–Crippen LogP) is -2.84. The zero-order valence-corrected chi connectivity index (χ0v) is 16.6. The molecule has 0 aromatic carbocycles. The molecule has 0 aromatic rings. The average molecular weight is 371 g/mol. The second-order valence-electron chi connectivity index (χ2n) is 7.18. The molecule has 0 amide bonds. The highest BCUT2D eigenvalue weighted by atomic mass is 15.2. The Morgan fingerprint density at radius 3 is 0.654 bits per heavy atom. The molecule has 0 aliphatic carbocycles. The van der Waals surface area contributed by atoms with Crippen molar-refractivity contribution in [2.24, 2.45) is 0 Å². The number of hydrogen-bond acceptors (Lipinski definition) is 8. The van der Waals surface area contributed by atoms with Crippen molar-refractivity contribution in [1.29, 1.82) is 0 Å². The smallest absolute Gasteiger partial charge is 0.0108 e. The molecule has 154 valence electrons. The molecule has 0 unspecified atom stereocenters. The lowest BCUT2D eigenvalue weighted by Crippen LogP contribution is -2.45. The number of fused-ring (bicyclic) bond motifs is 21. The number of nitrogens with zero attached hydrogens (tertiary/aromatic N) is 2. The molecular formula is C18H42N8. The third-order valence-electron chi connectivity index (χ3n) is 5.06. The molecule has 0 radical (unpaired) electrons. The summed E-state index contributed by atoms with van der Waals surface area (Å²) in [5, 5.41) is 21.5. The molecule has 3 aliphatic heterocycles. The van der Waals surface area contributed by atoms with Crippen molar-refractivity contribution in [1.82, 2.24) is 41.7 Å². The van der Waals surface area contributed by atoms with E-state index in [1.165, 1.54) is 0 Å². The average Bonchev–Trinajstić information content (AvgIpc) is 2.65. The molecule has 8 nitrogen and oxygen atoms in total. The summed E-state index contributed by atoms with van der Waals surface area (Å²) in [6, 6.07) is 0. The van der Waals surface area contributed by atoms with Gasteiger partial charge in [0.2, 0.25) is 0 Å². The molecule has 0 atom stereocenters. The fraction of sp³-hybridized carbons (Fsp3) is 1.00. The van der Waals surface area contributed by atoms with Gasteiger partial charge in [-0.05, 0) is 0 Å². The lowest BCUT2D eigenvalue weighted by atomic mass is 10.4. The summed E-state index contributed by atoms with van der Waals surface area (Å²) < 4.78 is 0. The number of nitrogens with one attached hydrogen (secondary N) is 6. The van der Waals surface area contributed by atoms with Crippen molar-refractivity contribution in [3.63, 3.8) is 0 Å². The zero-order valence-electron chi connectivity index (χ0n) is 16.6. The second kappa shape index (κ2) is 15.7. The van der Waals surface area contributed by atoms with Crippen LogP contribution in [0.5, 0.6) is 0 Å². The fourth-order valence-corrected chi connectivity index (χ4v) is 3.37. The lowest BCUT2D eigenvalue weighted by molar-refractivity contribution is 0.261. The van der Waals surface area contributed by atoms with Crippen molar-refractivity contribution < 1.29 is 0 Å². The van der Waals surface area contributed by atoms with E-state index in [0.717, 1.165) is 118 Å². The van der Waals surface area contributed by atoms with E-state index in [-0.39, 0.29) is 0 Å². The fourth-order valence-electron chi connectivity index (χ4n) is 3.37. The Labute approximate surface area is 160 Å². The molecular weight excluding hydrogens is 328 g/mol. The maximum Gasteiger partial charge on any atom is 0.0108 e. The summed E-state index contributed by atoms with van der Waals surface area (Å²) in [6.07, 6.45) is 0. The third-order valence-corrected chi connectivity index (χ3v) is 5.06. The van der Waals surface area contributed by atoms with Gasteiger partial charge in [0.25, 0.3) is 0 Å². The Balaban J connectivity index is 1.87. The molecule has 3 aliphatic rings. The zero-order chi connectivity index (χ0) is 18.1. The van der Waals surface area contributed by atoms with E-state index in [1.807, 2.05) is 0 Å². The normalized spacial score (nSPS) is 30.5. The Kier molecular flexibility index (Phi) is 13.3. The SMILES string of the molecule is C1CNCCN2CCNCCNCCN(CCN1)CCNCCNCC2. The first-order valence-corrected chi connectivity index (χ1v) is 10.6. The highest BCUT2D eigenvalue weighted by Gasteiger charge is 2.07. The van der Waals surface area contributed by atoms with Crippen LogP contribution >= 0.6 is 0 Å². The van der Waals surface area contributed by atoms with Gasteiger partial charge in [-0.2, -0.15) is 0 Å². The summed E-state index contributed by atoms with van der Waals surface area (Å²) >= 11 is 0. The van der Waals surface area contributed by atoms with Crippen LogP contribution in [0.3, 0.4) is 0 Å². The molecule has 0 spiro atoms. The van der Waals surface area contributed by atoms with Crippen LogP contribution in [0.2, 0.25) is 0 Å². The molecule has 0 saturated carbocycles. The van der Waals surface area contributed by atoms with Crippen LogP contribution in [0.25, 0.3) is 0 Å². The monoisotopic (exact) mass is 370 g/mol. The van der Waals surface area contributed by atoms with E-state index in [2.05, 4.69) is 41.7 Å². The van der Waals surface area contributed by atoms with Crippen molar-refractivity contribution in [2.45, 2.75) is 0 Å². The molecule has 2 bridgehead atoms. The number of rotatable bonds is 0. The summed E-state index contributed by atoms with van der Waals surface area (Å²) in [7, 11) is 0. The van der Waals surface area contributed by atoms with Gasteiger partial charge in [0, 0.05) is 118 Å². The molecule has 3 fully saturated rings. The van der Waals surface area contributed by atoms with E-state index >= 15 is 0 Å². The van der Waals surface area contributed by atoms with Crippen molar-refractivity contribution in [3.05, 3.63) is 0 Å². The predicted molar refractivity (Wildman–Crippen MR) is 110 cm³/mol. The van der Waals surface area contributed by atoms with Crippen molar-refractivity contribution >= 4 is 0 Å². The molecule has 3 rings (SSSR count). The van der Waals surface area contributed by atoms with Gasteiger partial charge in [-0.15, -0.1) is 0 Å². The Morgan fingerprint density at radius 2 is 0.462 bits per heavy atom. The topological polar surface area (TPSA) is 78.7 Å². The first-order chi connectivity index (χ1) is 12.9. The summed E-state index contributed by atoms with van der Waals surface area (Å²) in [5.74, 6) is 0. The largest absolute Gasteiger partial charge is 0.314 e. The molecule has 8 heteroatoms. The first kappa shape index (κ1) is 22.0. The molecule has 26 heavy (non-hydrogen) atoms. The van der Waals surface area contributed by atoms with Gasteiger partial charge in [0.05, 0.1) is 0 Å². The van der Waals surface area contributed by atoms with E-state index in [4.69, 9.17) is 0 Å². The lowest BCUT2D eigenvalue weighted by Gasteiger charge is -2.25. The Hall–Kier alpha value is -0.320. The minimum absolute atomic E-state index is 1.05.